The lowest BCUT2D eigenvalue weighted by Crippen LogP contribution is -2.36. The van der Waals surface area contributed by atoms with Gasteiger partial charge in [0.2, 0.25) is 5.91 Å². The van der Waals surface area contributed by atoms with E-state index in [0.29, 0.717) is 31.7 Å². The molecule has 3 heterocycles. The Morgan fingerprint density at radius 1 is 1.21 bits per heavy atom. The number of fused-ring (bicyclic) bond motifs is 1. The van der Waals surface area contributed by atoms with Crippen LogP contribution in [0.15, 0.2) is 53.3 Å². The molecule has 144 valence electrons. The molecule has 0 N–H and O–H groups in total. The summed E-state index contributed by atoms with van der Waals surface area (Å²) in [5.41, 5.74) is 2.63. The molecule has 0 atom stereocenters. The van der Waals surface area contributed by atoms with E-state index in [1.807, 2.05) is 41.3 Å². The fourth-order valence-corrected chi connectivity index (χ4v) is 3.20. The number of amides is 1. The van der Waals surface area contributed by atoms with Gasteiger partial charge in [-0.1, -0.05) is 17.3 Å². The molecule has 1 aliphatic rings. The molecule has 28 heavy (non-hydrogen) atoms. The number of benzene rings is 1. The minimum absolute atomic E-state index is 0.0798. The summed E-state index contributed by atoms with van der Waals surface area (Å²) in [6, 6.07) is 11.2. The lowest BCUT2D eigenvalue weighted by atomic mass is 10.0. The van der Waals surface area contributed by atoms with E-state index in [0.717, 1.165) is 28.3 Å². The van der Waals surface area contributed by atoms with Gasteiger partial charge in [-0.2, -0.15) is 0 Å². The molecule has 4 rings (SSSR count). The molecular weight excluding hydrogens is 358 g/mol. The standard InChI is InChI=1S/C21H21N3O4/c1-26-16-6-4-15(5-7-16)11-21(25)24-10-8-20-18(13-24)19(23-28-20)14-27-17-3-2-9-22-12-17/h2-7,9,12H,8,10-11,13-14H2,1H3. The van der Waals surface area contributed by atoms with E-state index < -0.39 is 0 Å². The van der Waals surface area contributed by atoms with Crippen LogP contribution in [0.1, 0.15) is 22.6 Å². The molecule has 1 aliphatic heterocycles. The summed E-state index contributed by atoms with van der Waals surface area (Å²) in [6.45, 7) is 1.39. The number of ether oxygens (including phenoxy) is 2. The molecule has 0 radical (unpaired) electrons. The fourth-order valence-electron chi connectivity index (χ4n) is 3.20. The lowest BCUT2D eigenvalue weighted by molar-refractivity contribution is -0.131. The van der Waals surface area contributed by atoms with Crippen LogP contribution in [0.2, 0.25) is 0 Å². The number of nitrogens with zero attached hydrogens (tertiary/aromatic N) is 3. The molecule has 0 saturated heterocycles. The van der Waals surface area contributed by atoms with Crippen LogP contribution in [0.4, 0.5) is 0 Å². The maximum atomic E-state index is 12.7. The smallest absolute Gasteiger partial charge is 0.227 e. The highest BCUT2D eigenvalue weighted by atomic mass is 16.5. The predicted octanol–water partition coefficient (Wildman–Crippen LogP) is 2.78. The summed E-state index contributed by atoms with van der Waals surface area (Å²) < 4.78 is 16.3. The van der Waals surface area contributed by atoms with E-state index >= 15 is 0 Å². The molecule has 1 amide bonds. The molecule has 0 unspecified atom stereocenters. The molecule has 2 aromatic heterocycles. The molecular formula is C21H21N3O4. The molecule has 0 aliphatic carbocycles. The van der Waals surface area contributed by atoms with Crippen LogP contribution in [-0.4, -0.2) is 34.6 Å². The molecule has 0 bridgehead atoms. The third kappa shape index (κ3) is 3.98. The topological polar surface area (TPSA) is 77.7 Å². The monoisotopic (exact) mass is 379 g/mol. The largest absolute Gasteiger partial charge is 0.497 e. The van der Waals surface area contributed by atoms with Gasteiger partial charge in [-0.05, 0) is 29.8 Å². The third-order valence-electron chi connectivity index (χ3n) is 4.79. The number of rotatable bonds is 6. The molecule has 1 aromatic carbocycles. The Bertz CT molecular complexity index is 938. The summed E-state index contributed by atoms with van der Waals surface area (Å²) in [6.07, 6.45) is 4.35. The van der Waals surface area contributed by atoms with Gasteiger partial charge < -0.3 is 18.9 Å². The lowest BCUT2D eigenvalue weighted by Gasteiger charge is -2.26. The summed E-state index contributed by atoms with van der Waals surface area (Å²) in [5, 5.41) is 4.14. The Kier molecular flexibility index (Phi) is 5.23. The number of aromatic nitrogens is 2. The summed E-state index contributed by atoms with van der Waals surface area (Å²) in [5.74, 6) is 2.36. The molecule has 0 fully saturated rings. The second-order valence-corrected chi connectivity index (χ2v) is 6.60. The van der Waals surface area contributed by atoms with Crippen molar-refractivity contribution in [1.82, 2.24) is 15.0 Å². The minimum Gasteiger partial charge on any atom is -0.497 e. The van der Waals surface area contributed by atoms with Gasteiger partial charge in [-0.25, -0.2) is 0 Å². The van der Waals surface area contributed by atoms with Gasteiger partial charge in [0.1, 0.15) is 29.6 Å². The van der Waals surface area contributed by atoms with Crippen LogP contribution in [0.3, 0.4) is 0 Å². The highest BCUT2D eigenvalue weighted by Gasteiger charge is 2.27. The van der Waals surface area contributed by atoms with Gasteiger partial charge in [0.15, 0.2) is 0 Å². The zero-order valence-corrected chi connectivity index (χ0v) is 15.6. The van der Waals surface area contributed by atoms with Crippen LogP contribution in [0.5, 0.6) is 11.5 Å². The zero-order chi connectivity index (χ0) is 19.3. The van der Waals surface area contributed by atoms with Gasteiger partial charge in [-0.3, -0.25) is 9.78 Å². The molecule has 0 saturated carbocycles. The molecule has 7 heteroatoms. The number of carbonyl (C=O) groups is 1. The highest BCUT2D eigenvalue weighted by Crippen LogP contribution is 2.24. The van der Waals surface area contributed by atoms with Crippen molar-refractivity contribution in [2.75, 3.05) is 13.7 Å². The Hall–Kier alpha value is -3.35. The van der Waals surface area contributed by atoms with Crippen LogP contribution in [0, 0.1) is 0 Å². The first-order chi connectivity index (χ1) is 13.7. The second kappa shape index (κ2) is 8.12. The maximum Gasteiger partial charge on any atom is 0.227 e. The SMILES string of the molecule is COc1ccc(CC(=O)N2CCc3onc(COc4cccnc4)c3C2)cc1. The minimum atomic E-state index is 0.0798. The van der Waals surface area contributed by atoms with Crippen LogP contribution < -0.4 is 9.47 Å². The van der Waals surface area contributed by atoms with Crippen molar-refractivity contribution in [1.29, 1.82) is 0 Å². The van der Waals surface area contributed by atoms with Crippen molar-refractivity contribution in [3.8, 4) is 11.5 Å². The molecule has 0 spiro atoms. The van der Waals surface area contributed by atoms with E-state index in [1.54, 1.807) is 19.5 Å². The second-order valence-electron chi connectivity index (χ2n) is 6.60. The van der Waals surface area contributed by atoms with E-state index in [9.17, 15) is 4.79 Å². The number of carbonyl (C=O) groups excluding carboxylic acids is 1. The van der Waals surface area contributed by atoms with Crippen molar-refractivity contribution in [2.24, 2.45) is 0 Å². The third-order valence-corrected chi connectivity index (χ3v) is 4.79. The van der Waals surface area contributed by atoms with Crippen LogP contribution >= 0.6 is 0 Å². The number of hydrogen-bond donors (Lipinski definition) is 0. The first kappa shape index (κ1) is 18.0. The van der Waals surface area contributed by atoms with Crippen LogP contribution in [-0.2, 0) is 30.8 Å². The Balaban J connectivity index is 1.40. The van der Waals surface area contributed by atoms with Gasteiger partial charge in [-0.15, -0.1) is 0 Å². The van der Waals surface area contributed by atoms with Gasteiger partial charge in [0, 0.05) is 24.7 Å². The van der Waals surface area contributed by atoms with Gasteiger partial charge in [0.25, 0.3) is 0 Å². The highest BCUT2D eigenvalue weighted by molar-refractivity contribution is 5.79. The van der Waals surface area contributed by atoms with E-state index in [-0.39, 0.29) is 12.5 Å². The number of methoxy groups -OCH3 is 1. The summed E-state index contributed by atoms with van der Waals surface area (Å²) >= 11 is 0. The summed E-state index contributed by atoms with van der Waals surface area (Å²) in [7, 11) is 1.63. The predicted molar refractivity (Wildman–Crippen MR) is 101 cm³/mol. The first-order valence-electron chi connectivity index (χ1n) is 9.13. The Labute approximate surface area is 162 Å². The van der Waals surface area contributed by atoms with Crippen LogP contribution in [0.25, 0.3) is 0 Å². The first-order valence-corrected chi connectivity index (χ1v) is 9.13. The fraction of sp³-hybridized carbons (Fsp3) is 0.286. The van der Waals surface area contributed by atoms with E-state index in [1.165, 1.54) is 0 Å². The van der Waals surface area contributed by atoms with Crippen molar-refractivity contribution >= 4 is 5.91 Å². The Morgan fingerprint density at radius 2 is 2.07 bits per heavy atom. The van der Waals surface area contributed by atoms with Crippen molar-refractivity contribution in [2.45, 2.75) is 26.0 Å². The van der Waals surface area contributed by atoms with Gasteiger partial charge in [0.05, 0.1) is 26.3 Å². The van der Waals surface area contributed by atoms with Crippen molar-refractivity contribution in [3.63, 3.8) is 0 Å². The van der Waals surface area contributed by atoms with Crippen molar-refractivity contribution < 1.29 is 18.8 Å². The normalized spacial score (nSPS) is 13.1. The summed E-state index contributed by atoms with van der Waals surface area (Å²) in [4.78, 5) is 18.6. The number of pyridine rings is 1. The molecule has 3 aromatic rings. The quantitative estimate of drug-likeness (QED) is 0.655. The van der Waals surface area contributed by atoms with E-state index in [2.05, 4.69) is 10.1 Å². The van der Waals surface area contributed by atoms with E-state index in [4.69, 9.17) is 14.0 Å². The molecule has 7 nitrogen and oxygen atoms in total. The average molecular weight is 379 g/mol. The zero-order valence-electron chi connectivity index (χ0n) is 15.6. The van der Waals surface area contributed by atoms with Crippen molar-refractivity contribution in [3.05, 3.63) is 71.4 Å². The maximum absolute atomic E-state index is 12.7. The average Bonchev–Trinajstić information content (AvgIpc) is 3.16. The Morgan fingerprint density at radius 3 is 2.82 bits per heavy atom. The van der Waals surface area contributed by atoms with Gasteiger partial charge >= 0.3 is 0 Å². The number of hydrogen-bond acceptors (Lipinski definition) is 6.